The first-order chi connectivity index (χ1) is 19.2. The number of nitrogens with zero attached hydrogens (tertiary/aromatic N) is 3. The van der Waals surface area contributed by atoms with Crippen LogP contribution in [0, 0.1) is 0 Å². The Morgan fingerprint density at radius 3 is 2.48 bits per heavy atom. The van der Waals surface area contributed by atoms with Crippen molar-refractivity contribution in [1.82, 2.24) is 19.9 Å². The second-order valence-electron chi connectivity index (χ2n) is 9.77. The zero-order chi connectivity index (χ0) is 28.3. The molecule has 1 saturated heterocycles. The molecular formula is C30H28F3N5O2. The van der Waals surface area contributed by atoms with E-state index < -0.39 is 23.2 Å². The lowest BCUT2D eigenvalue weighted by Gasteiger charge is -2.26. The van der Waals surface area contributed by atoms with E-state index in [0.717, 1.165) is 37.0 Å². The number of hydrogen-bond donors (Lipinski definition) is 2. The number of piperidine rings is 1. The fourth-order valence-corrected chi connectivity index (χ4v) is 4.83. The number of aromatic amines is 1. The summed E-state index contributed by atoms with van der Waals surface area (Å²) in [5.41, 5.74) is 0.338. The molecule has 1 atom stereocenters. The lowest BCUT2D eigenvalue weighted by molar-refractivity contribution is -0.137. The van der Waals surface area contributed by atoms with Gasteiger partial charge < -0.3 is 15.2 Å². The number of carbonyl (C=O) groups is 1. The number of alkyl halides is 3. The van der Waals surface area contributed by atoms with Crippen molar-refractivity contribution in [3.05, 3.63) is 100.0 Å². The molecule has 0 saturated carbocycles. The molecule has 4 aromatic rings. The van der Waals surface area contributed by atoms with E-state index in [4.69, 9.17) is 0 Å². The highest BCUT2D eigenvalue weighted by molar-refractivity contribution is 5.96. The summed E-state index contributed by atoms with van der Waals surface area (Å²) in [5.74, 6) is -0.123. The van der Waals surface area contributed by atoms with E-state index in [2.05, 4.69) is 20.3 Å². The lowest BCUT2D eigenvalue weighted by atomic mass is 9.99. The summed E-state index contributed by atoms with van der Waals surface area (Å²) in [6.45, 7) is 3.04. The highest BCUT2D eigenvalue weighted by atomic mass is 19.4. The predicted octanol–water partition coefficient (Wildman–Crippen LogP) is 6.32. The Hall–Kier alpha value is -4.47. The molecule has 2 aromatic carbocycles. The van der Waals surface area contributed by atoms with Crippen molar-refractivity contribution in [3.63, 3.8) is 0 Å². The Bertz CT molecular complexity index is 1560. The molecule has 1 aliphatic heterocycles. The van der Waals surface area contributed by atoms with Crippen LogP contribution in [0.3, 0.4) is 0 Å². The van der Waals surface area contributed by atoms with Crippen LogP contribution in [-0.2, 0) is 6.18 Å². The average Bonchev–Trinajstić information content (AvgIpc) is 2.97. The number of rotatable bonds is 6. The molecule has 1 amide bonds. The number of hydrogen-bond acceptors (Lipinski definition) is 5. The molecule has 2 aromatic heterocycles. The van der Waals surface area contributed by atoms with Crippen LogP contribution >= 0.6 is 0 Å². The van der Waals surface area contributed by atoms with Crippen LogP contribution in [-0.4, -0.2) is 38.8 Å². The van der Waals surface area contributed by atoms with Gasteiger partial charge in [0.15, 0.2) is 0 Å². The molecule has 0 unspecified atom stereocenters. The Kier molecular flexibility index (Phi) is 7.68. The molecule has 0 radical (unpaired) electrons. The number of aromatic nitrogens is 3. The van der Waals surface area contributed by atoms with E-state index in [1.165, 1.54) is 24.4 Å². The van der Waals surface area contributed by atoms with Gasteiger partial charge in [0.2, 0.25) is 5.95 Å². The van der Waals surface area contributed by atoms with Gasteiger partial charge in [0, 0.05) is 24.8 Å². The molecule has 0 aliphatic carbocycles. The van der Waals surface area contributed by atoms with E-state index in [-0.39, 0.29) is 22.9 Å². The second-order valence-corrected chi connectivity index (χ2v) is 9.77. The third-order valence-corrected chi connectivity index (χ3v) is 6.97. The van der Waals surface area contributed by atoms with E-state index in [1.54, 1.807) is 11.0 Å². The number of halogens is 3. The van der Waals surface area contributed by atoms with E-state index in [9.17, 15) is 22.8 Å². The van der Waals surface area contributed by atoms with E-state index >= 15 is 0 Å². The van der Waals surface area contributed by atoms with Gasteiger partial charge in [-0.05, 0) is 61.6 Å². The fourth-order valence-electron chi connectivity index (χ4n) is 4.83. The molecule has 40 heavy (non-hydrogen) atoms. The first-order valence-corrected chi connectivity index (χ1v) is 13.1. The molecule has 5 rings (SSSR count). The van der Waals surface area contributed by atoms with Gasteiger partial charge in [0.1, 0.15) is 5.56 Å². The van der Waals surface area contributed by atoms with Crippen molar-refractivity contribution in [1.29, 1.82) is 0 Å². The van der Waals surface area contributed by atoms with Gasteiger partial charge in [0.05, 0.1) is 23.0 Å². The minimum Gasteiger partial charge on any atom is -0.348 e. The summed E-state index contributed by atoms with van der Waals surface area (Å²) in [5, 5.41) is 3.24. The summed E-state index contributed by atoms with van der Waals surface area (Å²) in [7, 11) is 0. The van der Waals surface area contributed by atoms with Gasteiger partial charge >= 0.3 is 6.18 Å². The van der Waals surface area contributed by atoms with Crippen LogP contribution in [0.15, 0.2) is 77.7 Å². The van der Waals surface area contributed by atoms with Crippen LogP contribution in [0.5, 0.6) is 0 Å². The normalized spacial score (nSPS) is 14.6. The number of benzene rings is 2. The third-order valence-electron chi connectivity index (χ3n) is 6.97. The summed E-state index contributed by atoms with van der Waals surface area (Å²) >= 11 is 0. The summed E-state index contributed by atoms with van der Waals surface area (Å²) in [6.07, 6.45) is -0.341. The van der Waals surface area contributed by atoms with Crippen molar-refractivity contribution in [2.24, 2.45) is 0 Å². The summed E-state index contributed by atoms with van der Waals surface area (Å²) in [6, 6.07) is 17.3. The number of H-pyrrole nitrogens is 1. The fraction of sp³-hybridized carbons (Fsp3) is 0.267. The first kappa shape index (κ1) is 27.1. The number of anilines is 1. The Balaban J connectivity index is 1.60. The topological polar surface area (TPSA) is 91.0 Å². The van der Waals surface area contributed by atoms with Crippen LogP contribution in [0.2, 0.25) is 0 Å². The third kappa shape index (κ3) is 5.90. The van der Waals surface area contributed by atoms with Crippen LogP contribution in [0.25, 0.3) is 22.5 Å². The average molecular weight is 548 g/mol. The largest absolute Gasteiger partial charge is 0.416 e. The standard InChI is InChI=1S/C30H28F3N5O2/c1-19(20-9-4-2-5-10-20)35-29-34-14-13-25(36-29)23-18-24(28(40)38-15-6-3-7-16-38)27(39)37-26(23)21-11-8-12-22(17-21)30(31,32)33/h2,4-5,8-14,17-19H,3,6-7,15-16H2,1H3,(H,37,39)(H,34,35,36)/t19-/m0/s1. The zero-order valence-electron chi connectivity index (χ0n) is 21.8. The SMILES string of the molecule is C[C@H](Nc1nccc(-c2cc(C(=O)N3CCCCC3)c(=O)[nH]c2-c2cccc(C(F)(F)F)c2)n1)c1ccccc1. The van der Waals surface area contributed by atoms with Gasteiger partial charge in [-0.15, -0.1) is 0 Å². The number of carbonyl (C=O) groups excluding carboxylic acids is 1. The Morgan fingerprint density at radius 2 is 1.75 bits per heavy atom. The highest BCUT2D eigenvalue weighted by Crippen LogP contribution is 2.35. The lowest BCUT2D eigenvalue weighted by Crippen LogP contribution is -2.38. The first-order valence-electron chi connectivity index (χ1n) is 13.1. The second kappa shape index (κ2) is 11.3. The maximum Gasteiger partial charge on any atom is 0.416 e. The van der Waals surface area contributed by atoms with Gasteiger partial charge in [-0.3, -0.25) is 9.59 Å². The molecule has 0 spiro atoms. The van der Waals surface area contributed by atoms with Crippen LogP contribution in [0.4, 0.5) is 19.1 Å². The van der Waals surface area contributed by atoms with Crippen molar-refractivity contribution in [2.45, 2.75) is 38.4 Å². The van der Waals surface area contributed by atoms with Crippen LogP contribution < -0.4 is 10.9 Å². The Morgan fingerprint density at radius 1 is 1.00 bits per heavy atom. The quantitative estimate of drug-likeness (QED) is 0.295. The maximum absolute atomic E-state index is 13.5. The van der Waals surface area contributed by atoms with Crippen molar-refractivity contribution < 1.29 is 18.0 Å². The predicted molar refractivity (Wildman–Crippen MR) is 147 cm³/mol. The Labute approximate surface area is 229 Å². The molecule has 206 valence electrons. The summed E-state index contributed by atoms with van der Waals surface area (Å²) < 4.78 is 40.6. The number of amides is 1. The smallest absolute Gasteiger partial charge is 0.348 e. The highest BCUT2D eigenvalue weighted by Gasteiger charge is 2.31. The molecule has 10 heteroatoms. The monoisotopic (exact) mass is 547 g/mol. The van der Waals surface area contributed by atoms with E-state index in [1.807, 2.05) is 37.3 Å². The van der Waals surface area contributed by atoms with Gasteiger partial charge in [-0.25, -0.2) is 9.97 Å². The van der Waals surface area contributed by atoms with Gasteiger partial charge in [0.25, 0.3) is 11.5 Å². The number of pyridine rings is 1. The summed E-state index contributed by atoms with van der Waals surface area (Å²) in [4.78, 5) is 39.7. The minimum atomic E-state index is -4.57. The number of likely N-dealkylation sites (tertiary alicyclic amines) is 1. The molecule has 1 fully saturated rings. The van der Waals surface area contributed by atoms with Gasteiger partial charge in [-0.2, -0.15) is 13.2 Å². The zero-order valence-corrected chi connectivity index (χ0v) is 21.8. The molecule has 2 N–H and O–H groups in total. The number of nitrogens with one attached hydrogen (secondary N) is 2. The molecule has 3 heterocycles. The molecule has 1 aliphatic rings. The minimum absolute atomic E-state index is 0.0848. The van der Waals surface area contributed by atoms with E-state index in [0.29, 0.717) is 30.3 Å². The molecule has 7 nitrogen and oxygen atoms in total. The van der Waals surface area contributed by atoms with Crippen molar-refractivity contribution in [2.75, 3.05) is 18.4 Å². The van der Waals surface area contributed by atoms with Crippen molar-refractivity contribution in [3.8, 4) is 22.5 Å². The van der Waals surface area contributed by atoms with Crippen LogP contribution in [0.1, 0.15) is 53.7 Å². The van der Waals surface area contributed by atoms with Crippen molar-refractivity contribution >= 4 is 11.9 Å². The van der Waals surface area contributed by atoms with Gasteiger partial charge in [-0.1, -0.05) is 42.5 Å². The maximum atomic E-state index is 13.5. The molecular weight excluding hydrogens is 519 g/mol. The molecule has 0 bridgehead atoms.